The van der Waals surface area contributed by atoms with Gasteiger partial charge in [0.15, 0.2) is 0 Å². The molecule has 0 radical (unpaired) electrons. The van der Waals surface area contributed by atoms with Gasteiger partial charge in [0, 0.05) is 11.6 Å². The molecule has 1 heteroatoms. The van der Waals surface area contributed by atoms with Gasteiger partial charge in [0.25, 0.3) is 0 Å². The molecule has 0 unspecified atom stereocenters. The average Bonchev–Trinajstić information content (AvgIpc) is 2.37. The van der Waals surface area contributed by atoms with Crippen molar-refractivity contribution in [2.75, 3.05) is 14.1 Å². The summed E-state index contributed by atoms with van der Waals surface area (Å²) in [5.41, 5.74) is 2.67. The van der Waals surface area contributed by atoms with Crippen molar-refractivity contribution in [3.05, 3.63) is 47.9 Å². The SMILES string of the molecule is CC=CC=C1C=C[N+](C)(C)C1=CC. The first kappa shape index (κ1) is 10.0. The van der Waals surface area contributed by atoms with Gasteiger partial charge in [0.2, 0.25) is 0 Å². The van der Waals surface area contributed by atoms with E-state index in [0.29, 0.717) is 0 Å². The standard InChI is InChI=1S/C12H18N/c1-5-7-8-11-9-10-13(3,4)12(11)6-2/h5-10H,1-4H3/q+1. The summed E-state index contributed by atoms with van der Waals surface area (Å²) in [4.78, 5) is 0. The fourth-order valence-electron chi connectivity index (χ4n) is 1.61. The average molecular weight is 176 g/mol. The Kier molecular flexibility index (Phi) is 2.89. The molecular formula is C12H18N+. The summed E-state index contributed by atoms with van der Waals surface area (Å²) in [7, 11) is 4.37. The number of likely N-dealkylation sites (N-methyl/N-ethyl adjacent to an activating group) is 1. The van der Waals surface area contributed by atoms with E-state index in [1.165, 1.54) is 11.3 Å². The highest BCUT2D eigenvalue weighted by atomic mass is 15.3. The highest BCUT2D eigenvalue weighted by Crippen LogP contribution is 2.28. The van der Waals surface area contributed by atoms with Crippen molar-refractivity contribution >= 4 is 0 Å². The third kappa shape index (κ3) is 1.99. The smallest absolute Gasteiger partial charge is 0.140 e. The number of rotatable bonds is 1. The zero-order valence-electron chi connectivity index (χ0n) is 8.91. The second kappa shape index (κ2) is 3.75. The Balaban J connectivity index is 3.01. The number of nitrogens with zero attached hydrogens (tertiary/aromatic N) is 1. The van der Waals surface area contributed by atoms with Crippen LogP contribution in [0.1, 0.15) is 13.8 Å². The lowest BCUT2D eigenvalue weighted by molar-refractivity contribution is -0.792. The van der Waals surface area contributed by atoms with Gasteiger partial charge >= 0.3 is 0 Å². The van der Waals surface area contributed by atoms with Crippen LogP contribution in [0.3, 0.4) is 0 Å². The van der Waals surface area contributed by atoms with E-state index in [4.69, 9.17) is 0 Å². The lowest BCUT2D eigenvalue weighted by atomic mass is 10.2. The minimum absolute atomic E-state index is 0.847. The molecule has 1 heterocycles. The molecule has 1 nitrogen and oxygen atoms in total. The van der Waals surface area contributed by atoms with Crippen LogP contribution >= 0.6 is 0 Å². The maximum absolute atomic E-state index is 2.20. The highest BCUT2D eigenvalue weighted by Gasteiger charge is 2.26. The zero-order chi connectivity index (χ0) is 9.90. The molecule has 1 aliphatic rings. The van der Waals surface area contributed by atoms with Crippen molar-refractivity contribution in [2.24, 2.45) is 0 Å². The van der Waals surface area contributed by atoms with E-state index in [1.807, 2.05) is 13.0 Å². The van der Waals surface area contributed by atoms with Gasteiger partial charge in [-0.3, -0.25) is 4.48 Å². The van der Waals surface area contributed by atoms with Crippen molar-refractivity contribution in [2.45, 2.75) is 13.8 Å². The van der Waals surface area contributed by atoms with E-state index >= 15 is 0 Å². The number of hydrogen-bond donors (Lipinski definition) is 0. The van der Waals surface area contributed by atoms with Gasteiger partial charge in [-0.2, -0.15) is 0 Å². The molecular weight excluding hydrogens is 158 g/mol. The Morgan fingerprint density at radius 1 is 1.23 bits per heavy atom. The normalized spacial score (nSPS) is 26.8. The minimum atomic E-state index is 0.847. The topological polar surface area (TPSA) is 0 Å². The molecule has 0 spiro atoms. The van der Waals surface area contributed by atoms with Crippen LogP contribution in [-0.2, 0) is 0 Å². The number of allylic oxidation sites excluding steroid dienone is 5. The molecule has 0 aromatic heterocycles. The van der Waals surface area contributed by atoms with Crippen LogP contribution in [0, 0.1) is 0 Å². The summed E-state index contributed by atoms with van der Waals surface area (Å²) in [5.74, 6) is 0. The molecule has 0 aliphatic carbocycles. The monoisotopic (exact) mass is 176 g/mol. The second-order valence-corrected chi connectivity index (χ2v) is 3.68. The summed E-state index contributed by atoms with van der Waals surface area (Å²) in [6.45, 7) is 4.12. The molecule has 1 rings (SSSR count). The van der Waals surface area contributed by atoms with Crippen LogP contribution in [0.25, 0.3) is 0 Å². The molecule has 0 aromatic carbocycles. The van der Waals surface area contributed by atoms with E-state index in [9.17, 15) is 0 Å². The number of hydrogen-bond acceptors (Lipinski definition) is 0. The van der Waals surface area contributed by atoms with E-state index in [1.54, 1.807) is 0 Å². The van der Waals surface area contributed by atoms with Crippen LogP contribution in [0.5, 0.6) is 0 Å². The van der Waals surface area contributed by atoms with E-state index in [2.05, 4.69) is 51.5 Å². The fraction of sp³-hybridized carbons (Fsp3) is 0.333. The first-order valence-electron chi connectivity index (χ1n) is 4.65. The second-order valence-electron chi connectivity index (χ2n) is 3.68. The van der Waals surface area contributed by atoms with Crippen LogP contribution < -0.4 is 0 Å². The van der Waals surface area contributed by atoms with Crippen molar-refractivity contribution in [1.29, 1.82) is 0 Å². The Hall–Kier alpha value is -1.08. The third-order valence-electron chi connectivity index (χ3n) is 2.29. The molecule has 0 atom stereocenters. The first-order chi connectivity index (χ1) is 6.11. The van der Waals surface area contributed by atoms with Gasteiger partial charge in [-0.05, 0) is 26.0 Å². The van der Waals surface area contributed by atoms with Gasteiger partial charge in [0.05, 0.1) is 14.1 Å². The molecule has 0 saturated carbocycles. The molecule has 13 heavy (non-hydrogen) atoms. The molecule has 0 saturated heterocycles. The van der Waals surface area contributed by atoms with Crippen LogP contribution in [0.2, 0.25) is 0 Å². The molecule has 0 N–H and O–H groups in total. The third-order valence-corrected chi connectivity index (χ3v) is 2.29. The summed E-state index contributed by atoms with van der Waals surface area (Å²) in [5, 5.41) is 0. The van der Waals surface area contributed by atoms with E-state index in [0.717, 1.165) is 4.48 Å². The van der Waals surface area contributed by atoms with Crippen molar-refractivity contribution in [1.82, 2.24) is 0 Å². The first-order valence-corrected chi connectivity index (χ1v) is 4.65. The predicted molar refractivity (Wildman–Crippen MR) is 57.9 cm³/mol. The number of quaternary nitrogens is 1. The Morgan fingerprint density at radius 3 is 2.46 bits per heavy atom. The Bertz CT molecular complexity index is 301. The van der Waals surface area contributed by atoms with Crippen LogP contribution in [0.15, 0.2) is 47.9 Å². The van der Waals surface area contributed by atoms with Crippen molar-refractivity contribution in [3.63, 3.8) is 0 Å². The maximum atomic E-state index is 2.20. The van der Waals surface area contributed by atoms with Crippen molar-refractivity contribution in [3.8, 4) is 0 Å². The van der Waals surface area contributed by atoms with Gasteiger partial charge in [-0.15, -0.1) is 0 Å². The van der Waals surface area contributed by atoms with Gasteiger partial charge in [-0.25, -0.2) is 0 Å². The lowest BCUT2D eigenvalue weighted by Crippen LogP contribution is -2.28. The predicted octanol–water partition coefficient (Wildman–Crippen LogP) is 3.00. The van der Waals surface area contributed by atoms with Gasteiger partial charge in [-0.1, -0.05) is 12.2 Å². The maximum Gasteiger partial charge on any atom is 0.140 e. The largest absolute Gasteiger partial charge is 0.269 e. The summed E-state index contributed by atoms with van der Waals surface area (Å²) < 4.78 is 0.847. The quantitative estimate of drug-likeness (QED) is 0.539. The molecule has 70 valence electrons. The summed E-state index contributed by atoms with van der Waals surface area (Å²) in [6, 6.07) is 0. The molecule has 0 bridgehead atoms. The molecule has 0 amide bonds. The van der Waals surface area contributed by atoms with E-state index in [-0.39, 0.29) is 0 Å². The van der Waals surface area contributed by atoms with Crippen molar-refractivity contribution < 1.29 is 4.48 Å². The minimum Gasteiger partial charge on any atom is -0.269 e. The molecule has 1 aliphatic heterocycles. The molecule has 0 fully saturated rings. The fourth-order valence-corrected chi connectivity index (χ4v) is 1.61. The lowest BCUT2D eigenvalue weighted by Gasteiger charge is -2.22. The molecule has 0 aromatic rings. The summed E-state index contributed by atoms with van der Waals surface area (Å²) >= 11 is 0. The van der Waals surface area contributed by atoms with Crippen LogP contribution in [-0.4, -0.2) is 18.6 Å². The summed E-state index contributed by atoms with van der Waals surface area (Å²) in [6.07, 6.45) is 12.8. The van der Waals surface area contributed by atoms with Crippen LogP contribution in [0.4, 0.5) is 0 Å². The Labute approximate surface area is 81.0 Å². The van der Waals surface area contributed by atoms with E-state index < -0.39 is 0 Å². The highest BCUT2D eigenvalue weighted by molar-refractivity contribution is 5.41. The van der Waals surface area contributed by atoms with Gasteiger partial charge in [0.1, 0.15) is 11.9 Å². The Morgan fingerprint density at radius 2 is 1.92 bits per heavy atom. The van der Waals surface area contributed by atoms with Gasteiger partial charge < -0.3 is 0 Å². The zero-order valence-corrected chi connectivity index (χ0v) is 8.91.